The molecule has 0 unspecified atom stereocenters. The van der Waals surface area contributed by atoms with Gasteiger partial charge in [0.15, 0.2) is 11.6 Å². The number of oxazole rings is 1. The third-order valence-corrected chi connectivity index (χ3v) is 6.15. The summed E-state index contributed by atoms with van der Waals surface area (Å²) >= 11 is 6.15. The Bertz CT molecular complexity index is 1250. The van der Waals surface area contributed by atoms with E-state index in [9.17, 15) is 14.4 Å². The fourth-order valence-electron chi connectivity index (χ4n) is 4.09. The summed E-state index contributed by atoms with van der Waals surface area (Å²) in [6.45, 7) is 2.32. The number of fused-ring (bicyclic) bond motifs is 1. The zero-order valence-corrected chi connectivity index (χ0v) is 21.3. The van der Waals surface area contributed by atoms with Gasteiger partial charge < -0.3 is 24.7 Å². The van der Waals surface area contributed by atoms with Crippen molar-refractivity contribution in [2.24, 2.45) is 0 Å². The number of ether oxygens (including phenoxy) is 1. The van der Waals surface area contributed by atoms with Crippen molar-refractivity contribution in [2.45, 2.75) is 32.2 Å². The highest BCUT2D eigenvalue weighted by atomic mass is 35.5. The van der Waals surface area contributed by atoms with E-state index in [-0.39, 0.29) is 30.7 Å². The van der Waals surface area contributed by atoms with Crippen molar-refractivity contribution in [2.75, 3.05) is 26.2 Å². The van der Waals surface area contributed by atoms with Gasteiger partial charge in [0.25, 0.3) is 11.8 Å². The third kappa shape index (κ3) is 7.33. The molecule has 1 aliphatic heterocycles. The zero-order chi connectivity index (χ0) is 26.2. The molecule has 0 saturated heterocycles. The Balaban J connectivity index is 1.58. The zero-order valence-electron chi connectivity index (χ0n) is 20.5. The topological polar surface area (TPSA) is 114 Å². The molecular formula is C27H29ClN4O5. The molecule has 1 aromatic heterocycles. The van der Waals surface area contributed by atoms with Crippen molar-refractivity contribution < 1.29 is 23.5 Å². The van der Waals surface area contributed by atoms with Crippen LogP contribution in [0.3, 0.4) is 0 Å². The minimum Gasteiger partial charge on any atom is -0.491 e. The molecule has 0 bridgehead atoms. The maximum atomic E-state index is 13.1. The van der Waals surface area contributed by atoms with Crippen LogP contribution in [0, 0.1) is 6.92 Å². The lowest BCUT2D eigenvalue weighted by atomic mass is 10.1. The van der Waals surface area contributed by atoms with Crippen LogP contribution < -0.4 is 15.4 Å². The summed E-state index contributed by atoms with van der Waals surface area (Å²) < 4.78 is 11.2. The van der Waals surface area contributed by atoms with E-state index in [1.807, 2.05) is 30.3 Å². The number of carbonyl (C=O) groups is 3. The van der Waals surface area contributed by atoms with Gasteiger partial charge in [0, 0.05) is 25.0 Å². The van der Waals surface area contributed by atoms with Gasteiger partial charge in [-0.05, 0) is 43.0 Å². The van der Waals surface area contributed by atoms with E-state index in [0.29, 0.717) is 54.6 Å². The summed E-state index contributed by atoms with van der Waals surface area (Å²) in [5.41, 5.74) is 1.48. The molecule has 0 spiro atoms. The lowest BCUT2D eigenvalue weighted by Gasteiger charge is -2.24. The first-order chi connectivity index (χ1) is 17.9. The van der Waals surface area contributed by atoms with Crippen LogP contribution in [-0.4, -0.2) is 59.9 Å². The third-order valence-electron chi connectivity index (χ3n) is 5.92. The fraction of sp³-hybridized carbons (Fsp3) is 0.333. The summed E-state index contributed by atoms with van der Waals surface area (Å²) in [6, 6.07) is 14.1. The van der Waals surface area contributed by atoms with Crippen molar-refractivity contribution in [3.63, 3.8) is 0 Å². The van der Waals surface area contributed by atoms with E-state index in [1.54, 1.807) is 25.1 Å². The summed E-state index contributed by atoms with van der Waals surface area (Å²) in [4.78, 5) is 44.6. The van der Waals surface area contributed by atoms with Gasteiger partial charge >= 0.3 is 0 Å². The van der Waals surface area contributed by atoms with Gasteiger partial charge in [-0.1, -0.05) is 41.9 Å². The molecule has 2 aromatic carbocycles. The van der Waals surface area contributed by atoms with Crippen LogP contribution in [-0.2, 0) is 11.2 Å². The average molecular weight is 525 g/mol. The number of nitrogens with one attached hydrogen (secondary N) is 2. The van der Waals surface area contributed by atoms with Crippen LogP contribution in [0.15, 0.2) is 59.2 Å². The molecule has 10 heteroatoms. The monoisotopic (exact) mass is 524 g/mol. The van der Waals surface area contributed by atoms with Crippen molar-refractivity contribution in [1.29, 1.82) is 0 Å². The Labute approximate surface area is 220 Å². The quantitative estimate of drug-likeness (QED) is 0.543. The number of aromatic nitrogens is 1. The van der Waals surface area contributed by atoms with E-state index in [2.05, 4.69) is 15.6 Å². The summed E-state index contributed by atoms with van der Waals surface area (Å²) in [5, 5.41) is 6.30. The van der Waals surface area contributed by atoms with Crippen molar-refractivity contribution in [3.8, 4) is 5.75 Å². The van der Waals surface area contributed by atoms with Crippen LogP contribution in [0.2, 0.25) is 5.02 Å². The van der Waals surface area contributed by atoms with E-state index < -0.39 is 11.9 Å². The second-order valence-electron chi connectivity index (χ2n) is 8.85. The first-order valence-electron chi connectivity index (χ1n) is 12.1. The molecule has 3 amide bonds. The maximum absolute atomic E-state index is 13.1. The normalized spacial score (nSPS) is 17.5. The standard InChI is InChI=1S/C27H29ClN4O5/c1-18-30-23(17-36-18)27(35)32-12-6-5-11-29-26(34)22-14-20(28)9-10-24(22)37-16-21(31-25(33)15-32)13-19-7-3-2-4-8-19/h2-4,7-10,14,17,21H,5-6,11-13,15-16H2,1H3,(H,29,34)(H,31,33)/t21-/m1/s1. The summed E-state index contributed by atoms with van der Waals surface area (Å²) in [5.74, 6) is -0.269. The Kier molecular flexibility index (Phi) is 8.79. The van der Waals surface area contributed by atoms with Crippen LogP contribution in [0.4, 0.5) is 0 Å². The highest BCUT2D eigenvalue weighted by molar-refractivity contribution is 6.31. The van der Waals surface area contributed by atoms with E-state index >= 15 is 0 Å². The number of nitrogens with zero attached hydrogens (tertiary/aromatic N) is 2. The predicted molar refractivity (Wildman–Crippen MR) is 138 cm³/mol. The lowest BCUT2D eigenvalue weighted by molar-refractivity contribution is -0.122. The van der Waals surface area contributed by atoms with Gasteiger partial charge in [0.1, 0.15) is 18.6 Å². The number of aryl methyl sites for hydroxylation is 1. The molecule has 9 nitrogen and oxygen atoms in total. The molecule has 2 heterocycles. The average Bonchev–Trinajstić information content (AvgIpc) is 3.32. The molecule has 2 N–H and O–H groups in total. The van der Waals surface area contributed by atoms with Gasteiger partial charge in [0.05, 0.1) is 18.2 Å². The number of benzene rings is 2. The van der Waals surface area contributed by atoms with Gasteiger partial charge in [-0.15, -0.1) is 0 Å². The molecule has 194 valence electrons. The number of halogens is 1. The van der Waals surface area contributed by atoms with E-state index in [4.69, 9.17) is 20.8 Å². The van der Waals surface area contributed by atoms with Crippen molar-refractivity contribution in [3.05, 3.63) is 82.5 Å². The van der Waals surface area contributed by atoms with Crippen molar-refractivity contribution >= 4 is 29.3 Å². The molecule has 1 aliphatic rings. The van der Waals surface area contributed by atoms with Crippen LogP contribution >= 0.6 is 11.6 Å². The Hall–Kier alpha value is -3.85. The second-order valence-corrected chi connectivity index (χ2v) is 9.28. The lowest BCUT2D eigenvalue weighted by Crippen LogP contribution is -2.47. The molecule has 3 aromatic rings. The van der Waals surface area contributed by atoms with Gasteiger partial charge in [-0.25, -0.2) is 4.98 Å². The number of amides is 3. The minimum atomic E-state index is -0.419. The Morgan fingerprint density at radius 1 is 1.16 bits per heavy atom. The highest BCUT2D eigenvalue weighted by Gasteiger charge is 2.24. The minimum absolute atomic E-state index is 0.110. The molecular weight excluding hydrogens is 496 g/mol. The maximum Gasteiger partial charge on any atom is 0.276 e. The number of hydrogen-bond donors (Lipinski definition) is 2. The summed E-state index contributed by atoms with van der Waals surface area (Å²) in [7, 11) is 0. The fourth-order valence-corrected chi connectivity index (χ4v) is 4.27. The SMILES string of the molecule is Cc1nc(C(=O)N2CCCCNC(=O)c3cc(Cl)ccc3OC[C@@H](Cc3ccccc3)NC(=O)C2)co1. The summed E-state index contributed by atoms with van der Waals surface area (Å²) in [6.07, 6.45) is 2.96. The van der Waals surface area contributed by atoms with Crippen LogP contribution in [0.25, 0.3) is 0 Å². The Morgan fingerprint density at radius 2 is 1.97 bits per heavy atom. The van der Waals surface area contributed by atoms with Gasteiger partial charge in [0.2, 0.25) is 5.91 Å². The number of rotatable bonds is 3. The Morgan fingerprint density at radius 3 is 2.73 bits per heavy atom. The molecule has 1 atom stereocenters. The first-order valence-corrected chi connectivity index (χ1v) is 12.5. The molecule has 0 radical (unpaired) electrons. The molecule has 0 fully saturated rings. The largest absolute Gasteiger partial charge is 0.491 e. The molecule has 0 aliphatic carbocycles. The van der Waals surface area contributed by atoms with E-state index in [0.717, 1.165) is 5.56 Å². The van der Waals surface area contributed by atoms with Crippen LogP contribution in [0.5, 0.6) is 5.75 Å². The van der Waals surface area contributed by atoms with Gasteiger partial charge in [-0.2, -0.15) is 0 Å². The molecule has 37 heavy (non-hydrogen) atoms. The number of carbonyl (C=O) groups excluding carboxylic acids is 3. The van der Waals surface area contributed by atoms with Gasteiger partial charge in [-0.3, -0.25) is 14.4 Å². The molecule has 0 saturated carbocycles. The van der Waals surface area contributed by atoms with Crippen LogP contribution in [0.1, 0.15) is 45.1 Å². The number of hydrogen-bond acceptors (Lipinski definition) is 6. The highest BCUT2D eigenvalue weighted by Crippen LogP contribution is 2.23. The predicted octanol–water partition coefficient (Wildman–Crippen LogP) is 3.41. The van der Waals surface area contributed by atoms with Crippen molar-refractivity contribution in [1.82, 2.24) is 20.5 Å². The molecule has 4 rings (SSSR count). The first kappa shape index (κ1) is 26.2. The smallest absolute Gasteiger partial charge is 0.276 e. The second kappa shape index (κ2) is 12.4. The van der Waals surface area contributed by atoms with E-state index in [1.165, 1.54) is 11.2 Å².